The standard InChI is InChI=1S/C13H7ClF3NO2S/c14-9-3-7(10-5-21-6-18-10)1-2-8(9)11(19)4-12(20)13(15,16)17/h1-3,5-6H,4H2. The molecule has 0 atom stereocenters. The van der Waals surface area contributed by atoms with Crippen molar-refractivity contribution in [2.45, 2.75) is 12.6 Å². The van der Waals surface area contributed by atoms with Gasteiger partial charge in [-0.3, -0.25) is 9.59 Å². The van der Waals surface area contributed by atoms with Crippen LogP contribution in [0.4, 0.5) is 13.2 Å². The van der Waals surface area contributed by atoms with E-state index in [1.807, 2.05) is 0 Å². The molecule has 0 aliphatic heterocycles. The van der Waals surface area contributed by atoms with Gasteiger partial charge in [0.15, 0.2) is 5.78 Å². The average Bonchev–Trinajstić information content (AvgIpc) is 2.90. The van der Waals surface area contributed by atoms with E-state index >= 15 is 0 Å². The van der Waals surface area contributed by atoms with E-state index in [-0.39, 0.29) is 10.6 Å². The fourth-order valence-electron chi connectivity index (χ4n) is 1.60. The van der Waals surface area contributed by atoms with Crippen LogP contribution in [0.25, 0.3) is 11.3 Å². The first-order valence-electron chi connectivity index (χ1n) is 5.60. The van der Waals surface area contributed by atoms with E-state index in [0.717, 1.165) is 0 Å². The Kier molecular flexibility index (Phi) is 4.43. The molecule has 1 aromatic carbocycles. The zero-order valence-electron chi connectivity index (χ0n) is 10.3. The summed E-state index contributed by atoms with van der Waals surface area (Å²) in [5.74, 6) is -3.06. The molecule has 0 N–H and O–H groups in total. The maximum Gasteiger partial charge on any atom is 0.450 e. The third-order valence-corrected chi connectivity index (χ3v) is 3.53. The molecule has 2 aromatic rings. The van der Waals surface area contributed by atoms with Crippen LogP contribution in [0.3, 0.4) is 0 Å². The summed E-state index contributed by atoms with van der Waals surface area (Å²) in [6.45, 7) is 0. The number of thiazole rings is 1. The summed E-state index contributed by atoms with van der Waals surface area (Å²) in [5, 5.41) is 1.75. The van der Waals surface area contributed by atoms with E-state index in [0.29, 0.717) is 11.3 Å². The summed E-state index contributed by atoms with van der Waals surface area (Å²) >= 11 is 7.27. The van der Waals surface area contributed by atoms with Crippen LogP contribution < -0.4 is 0 Å². The molecule has 0 aliphatic rings. The molecule has 0 saturated heterocycles. The van der Waals surface area contributed by atoms with Crippen LogP contribution in [0.15, 0.2) is 29.1 Å². The molecule has 0 bridgehead atoms. The van der Waals surface area contributed by atoms with Crippen LogP contribution >= 0.6 is 22.9 Å². The summed E-state index contributed by atoms with van der Waals surface area (Å²) < 4.78 is 36.4. The number of halogens is 4. The van der Waals surface area contributed by atoms with Gasteiger partial charge in [0.05, 0.1) is 22.6 Å². The summed E-state index contributed by atoms with van der Waals surface area (Å²) in [4.78, 5) is 26.6. The molecule has 8 heteroatoms. The molecule has 0 fully saturated rings. The number of rotatable bonds is 4. The number of hydrogen-bond acceptors (Lipinski definition) is 4. The van der Waals surface area contributed by atoms with Gasteiger partial charge in [-0.15, -0.1) is 11.3 Å². The Hall–Kier alpha value is -1.73. The van der Waals surface area contributed by atoms with E-state index in [1.54, 1.807) is 10.9 Å². The Bertz CT molecular complexity index is 683. The second-order valence-corrected chi connectivity index (χ2v) is 5.22. The largest absolute Gasteiger partial charge is 0.450 e. The fraction of sp³-hybridized carbons (Fsp3) is 0.154. The average molecular weight is 334 g/mol. The molecule has 2 rings (SSSR count). The van der Waals surface area contributed by atoms with Gasteiger partial charge in [0.2, 0.25) is 5.78 Å². The maximum absolute atomic E-state index is 12.1. The van der Waals surface area contributed by atoms with E-state index < -0.39 is 24.2 Å². The van der Waals surface area contributed by atoms with Crippen molar-refractivity contribution >= 4 is 34.5 Å². The molecule has 1 aromatic heterocycles. The molecule has 0 aliphatic carbocycles. The summed E-state index contributed by atoms with van der Waals surface area (Å²) in [5.41, 5.74) is 2.78. The van der Waals surface area contributed by atoms with Gasteiger partial charge in [0.25, 0.3) is 0 Å². The normalized spacial score (nSPS) is 11.4. The molecule has 110 valence electrons. The van der Waals surface area contributed by atoms with Crippen LogP contribution in [-0.2, 0) is 4.79 Å². The molecule has 0 unspecified atom stereocenters. The molecule has 0 radical (unpaired) electrons. The van der Waals surface area contributed by atoms with Gasteiger partial charge in [-0.05, 0) is 12.1 Å². The molecule has 1 heterocycles. The van der Waals surface area contributed by atoms with Gasteiger partial charge in [0.1, 0.15) is 0 Å². The lowest BCUT2D eigenvalue weighted by Crippen LogP contribution is -2.25. The van der Waals surface area contributed by atoms with Crippen molar-refractivity contribution < 1.29 is 22.8 Å². The monoisotopic (exact) mass is 333 g/mol. The smallest absolute Gasteiger partial charge is 0.294 e. The van der Waals surface area contributed by atoms with Crippen LogP contribution in [0.2, 0.25) is 5.02 Å². The predicted molar refractivity (Wildman–Crippen MR) is 72.6 cm³/mol. The molecule has 21 heavy (non-hydrogen) atoms. The topological polar surface area (TPSA) is 47.0 Å². The number of hydrogen-bond donors (Lipinski definition) is 0. The lowest BCUT2D eigenvalue weighted by Gasteiger charge is -2.07. The minimum atomic E-state index is -5.03. The van der Waals surface area contributed by atoms with Crippen LogP contribution in [0.5, 0.6) is 0 Å². The number of aromatic nitrogens is 1. The summed E-state index contributed by atoms with van der Waals surface area (Å²) in [7, 11) is 0. The first-order valence-corrected chi connectivity index (χ1v) is 6.92. The number of ketones is 2. The first-order chi connectivity index (χ1) is 9.79. The summed E-state index contributed by atoms with van der Waals surface area (Å²) in [6, 6.07) is 4.25. The maximum atomic E-state index is 12.1. The molecular formula is C13H7ClF3NO2S. The van der Waals surface area contributed by atoms with Crippen molar-refractivity contribution in [2.24, 2.45) is 0 Å². The number of Topliss-reactive ketones (excluding diaryl/α,β-unsaturated/α-hetero) is 2. The molecule has 0 saturated carbocycles. The highest BCUT2D eigenvalue weighted by Gasteiger charge is 2.39. The van der Waals surface area contributed by atoms with Gasteiger partial charge < -0.3 is 0 Å². The predicted octanol–water partition coefficient (Wildman–Crippen LogP) is 4.17. The Balaban J connectivity index is 2.22. The van der Waals surface area contributed by atoms with Crippen molar-refractivity contribution in [3.63, 3.8) is 0 Å². The van der Waals surface area contributed by atoms with Crippen LogP contribution in [0.1, 0.15) is 16.8 Å². The first kappa shape index (κ1) is 15.7. The van der Waals surface area contributed by atoms with Crippen molar-refractivity contribution in [3.05, 3.63) is 39.7 Å². The highest BCUT2D eigenvalue weighted by atomic mass is 35.5. The summed E-state index contributed by atoms with van der Waals surface area (Å²) in [6.07, 6.45) is -6.28. The van der Waals surface area contributed by atoms with Gasteiger partial charge in [-0.2, -0.15) is 13.2 Å². The fourth-order valence-corrected chi connectivity index (χ4v) is 2.44. The highest BCUT2D eigenvalue weighted by Crippen LogP contribution is 2.27. The Labute approximate surface area is 126 Å². The Morgan fingerprint density at radius 1 is 1.29 bits per heavy atom. The van der Waals surface area contributed by atoms with Gasteiger partial charge >= 0.3 is 6.18 Å². The van der Waals surface area contributed by atoms with E-state index in [4.69, 9.17) is 11.6 Å². The molecular weight excluding hydrogens is 327 g/mol. The van der Waals surface area contributed by atoms with Crippen molar-refractivity contribution in [1.29, 1.82) is 0 Å². The number of carbonyl (C=O) groups is 2. The van der Waals surface area contributed by atoms with E-state index in [2.05, 4.69) is 4.98 Å². The third-order valence-electron chi connectivity index (χ3n) is 2.63. The van der Waals surface area contributed by atoms with E-state index in [9.17, 15) is 22.8 Å². The number of nitrogens with zero attached hydrogens (tertiary/aromatic N) is 1. The van der Waals surface area contributed by atoms with Gasteiger partial charge in [0, 0.05) is 16.5 Å². The van der Waals surface area contributed by atoms with Crippen molar-refractivity contribution in [3.8, 4) is 11.3 Å². The SMILES string of the molecule is O=C(CC(=O)C(F)(F)F)c1ccc(-c2cscn2)cc1Cl. The molecule has 0 amide bonds. The molecule has 0 spiro atoms. The number of benzene rings is 1. The van der Waals surface area contributed by atoms with Crippen LogP contribution in [0, 0.1) is 0 Å². The van der Waals surface area contributed by atoms with Crippen molar-refractivity contribution in [1.82, 2.24) is 4.98 Å². The van der Waals surface area contributed by atoms with Crippen molar-refractivity contribution in [2.75, 3.05) is 0 Å². The van der Waals surface area contributed by atoms with Crippen LogP contribution in [-0.4, -0.2) is 22.7 Å². The quantitative estimate of drug-likeness (QED) is 0.623. The third kappa shape index (κ3) is 3.68. The second kappa shape index (κ2) is 5.95. The van der Waals surface area contributed by atoms with Gasteiger partial charge in [-0.1, -0.05) is 17.7 Å². The lowest BCUT2D eigenvalue weighted by molar-refractivity contribution is -0.170. The molecule has 3 nitrogen and oxygen atoms in total. The Morgan fingerprint density at radius 2 is 2.00 bits per heavy atom. The number of carbonyl (C=O) groups excluding carboxylic acids is 2. The van der Waals surface area contributed by atoms with E-state index in [1.165, 1.54) is 29.5 Å². The minimum absolute atomic E-state index is 0.0134. The second-order valence-electron chi connectivity index (χ2n) is 4.09. The minimum Gasteiger partial charge on any atom is -0.294 e. The highest BCUT2D eigenvalue weighted by molar-refractivity contribution is 7.07. The Morgan fingerprint density at radius 3 is 2.52 bits per heavy atom. The van der Waals surface area contributed by atoms with Gasteiger partial charge in [-0.25, -0.2) is 4.98 Å². The zero-order chi connectivity index (χ0) is 15.6. The zero-order valence-corrected chi connectivity index (χ0v) is 11.9. The number of alkyl halides is 3. The lowest BCUT2D eigenvalue weighted by atomic mass is 10.0.